The van der Waals surface area contributed by atoms with Crippen LogP contribution in [0.3, 0.4) is 0 Å². The molecule has 3 heteroatoms. The fraction of sp³-hybridized carbons (Fsp3) is 0.438. The number of nitrogens with two attached hydrogens (primary N) is 1. The van der Waals surface area contributed by atoms with Crippen LogP contribution in [0.2, 0.25) is 0 Å². The van der Waals surface area contributed by atoms with E-state index < -0.39 is 0 Å². The van der Waals surface area contributed by atoms with Crippen LogP contribution in [0, 0.1) is 11.8 Å². The lowest BCUT2D eigenvalue weighted by atomic mass is 9.89. The predicted octanol–water partition coefficient (Wildman–Crippen LogP) is 4.30. The summed E-state index contributed by atoms with van der Waals surface area (Å²) in [6.45, 7) is 0. The van der Waals surface area contributed by atoms with Gasteiger partial charge in [-0.25, -0.2) is 4.98 Å². The Bertz CT molecular complexity index is 587. The van der Waals surface area contributed by atoms with Gasteiger partial charge in [0.05, 0.1) is 10.7 Å². The molecule has 0 radical (unpaired) electrons. The maximum atomic E-state index is 5.73. The van der Waals surface area contributed by atoms with Crippen LogP contribution in [-0.2, 0) is 0 Å². The van der Waals surface area contributed by atoms with Gasteiger partial charge in [0.25, 0.3) is 0 Å². The summed E-state index contributed by atoms with van der Waals surface area (Å²) < 4.78 is 0. The topological polar surface area (TPSA) is 38.9 Å². The van der Waals surface area contributed by atoms with Crippen LogP contribution in [0.1, 0.15) is 36.6 Å². The molecular formula is C16H18N2S. The number of rotatable bonds is 2. The first-order valence-corrected chi connectivity index (χ1v) is 7.99. The molecule has 2 N–H and O–H groups in total. The van der Waals surface area contributed by atoms with Crippen molar-refractivity contribution in [2.45, 2.75) is 31.6 Å². The van der Waals surface area contributed by atoms with Crippen molar-refractivity contribution < 1.29 is 0 Å². The summed E-state index contributed by atoms with van der Waals surface area (Å²) in [5, 5.41) is 3.56. The van der Waals surface area contributed by atoms with Crippen LogP contribution in [0.4, 0.5) is 5.69 Å². The average molecular weight is 270 g/mol. The highest BCUT2D eigenvalue weighted by molar-refractivity contribution is 7.10. The first kappa shape index (κ1) is 11.5. The minimum atomic E-state index is 0.742. The number of nitrogen functional groups attached to an aromatic ring is 1. The lowest BCUT2D eigenvalue weighted by Crippen LogP contribution is -2.07. The maximum Gasteiger partial charge on any atom is 0.0966 e. The van der Waals surface area contributed by atoms with E-state index in [1.54, 1.807) is 0 Å². The van der Waals surface area contributed by atoms with Gasteiger partial charge in [-0.05, 0) is 43.2 Å². The molecule has 0 saturated heterocycles. The summed E-state index contributed by atoms with van der Waals surface area (Å²) >= 11 is 1.84. The SMILES string of the molecule is Nc1ccc(-c2csc(C3CC4CCC3C4)n2)cc1. The zero-order valence-corrected chi connectivity index (χ0v) is 11.7. The van der Waals surface area contributed by atoms with Gasteiger partial charge in [-0.1, -0.05) is 18.6 Å². The molecule has 2 aromatic rings. The number of thiazole rings is 1. The molecule has 3 atom stereocenters. The van der Waals surface area contributed by atoms with E-state index in [4.69, 9.17) is 10.7 Å². The van der Waals surface area contributed by atoms with Gasteiger partial charge < -0.3 is 5.73 Å². The number of hydrogen-bond acceptors (Lipinski definition) is 3. The van der Waals surface area contributed by atoms with Crippen molar-refractivity contribution in [1.29, 1.82) is 0 Å². The van der Waals surface area contributed by atoms with E-state index in [0.29, 0.717) is 0 Å². The van der Waals surface area contributed by atoms with Gasteiger partial charge in [-0.2, -0.15) is 0 Å². The summed E-state index contributed by atoms with van der Waals surface area (Å²) in [4.78, 5) is 4.89. The van der Waals surface area contributed by atoms with Crippen molar-refractivity contribution in [1.82, 2.24) is 4.98 Å². The third-order valence-electron chi connectivity index (χ3n) is 4.78. The minimum Gasteiger partial charge on any atom is -0.399 e. The molecule has 0 amide bonds. The summed E-state index contributed by atoms with van der Waals surface area (Å²) in [5.41, 5.74) is 8.84. The molecule has 1 aromatic heterocycles. The third-order valence-corrected chi connectivity index (χ3v) is 5.76. The van der Waals surface area contributed by atoms with E-state index in [2.05, 4.69) is 17.5 Å². The van der Waals surface area contributed by atoms with Gasteiger partial charge in [0, 0.05) is 22.5 Å². The van der Waals surface area contributed by atoms with Gasteiger partial charge in [0.2, 0.25) is 0 Å². The molecular weight excluding hydrogens is 252 g/mol. The third kappa shape index (κ3) is 1.96. The lowest BCUT2D eigenvalue weighted by Gasteiger charge is -2.18. The van der Waals surface area contributed by atoms with Gasteiger partial charge >= 0.3 is 0 Å². The van der Waals surface area contributed by atoms with Crippen molar-refractivity contribution in [2.24, 2.45) is 11.8 Å². The predicted molar refractivity (Wildman–Crippen MR) is 80.2 cm³/mol. The molecule has 4 rings (SSSR count). The van der Waals surface area contributed by atoms with E-state index in [-0.39, 0.29) is 0 Å². The van der Waals surface area contributed by atoms with E-state index >= 15 is 0 Å². The smallest absolute Gasteiger partial charge is 0.0966 e. The van der Waals surface area contributed by atoms with Crippen molar-refractivity contribution in [3.05, 3.63) is 34.7 Å². The second-order valence-corrected chi connectivity index (χ2v) is 6.86. The second-order valence-electron chi connectivity index (χ2n) is 5.97. The fourth-order valence-corrected chi connectivity index (χ4v) is 4.83. The molecule has 0 spiro atoms. The summed E-state index contributed by atoms with van der Waals surface area (Å²) in [5.74, 6) is 2.64. The van der Waals surface area contributed by atoms with Gasteiger partial charge in [-0.3, -0.25) is 0 Å². The van der Waals surface area contributed by atoms with Gasteiger partial charge in [0.15, 0.2) is 0 Å². The number of fused-ring (bicyclic) bond motifs is 2. The Morgan fingerprint density at radius 3 is 2.63 bits per heavy atom. The number of nitrogens with zero attached hydrogens (tertiary/aromatic N) is 1. The first-order valence-electron chi connectivity index (χ1n) is 7.11. The Morgan fingerprint density at radius 1 is 1.11 bits per heavy atom. The number of benzene rings is 1. The minimum absolute atomic E-state index is 0.742. The maximum absolute atomic E-state index is 5.73. The molecule has 2 saturated carbocycles. The van der Waals surface area contributed by atoms with Crippen LogP contribution in [0.25, 0.3) is 11.3 Å². The normalized spacial score (nSPS) is 28.9. The largest absolute Gasteiger partial charge is 0.399 e. The molecule has 2 bridgehead atoms. The first-order chi connectivity index (χ1) is 9.29. The van der Waals surface area contributed by atoms with Crippen LogP contribution >= 0.6 is 11.3 Å². The summed E-state index contributed by atoms with van der Waals surface area (Å²) in [6.07, 6.45) is 5.70. The van der Waals surface area contributed by atoms with E-state index in [9.17, 15) is 0 Å². The number of hydrogen-bond donors (Lipinski definition) is 1. The highest BCUT2D eigenvalue weighted by Gasteiger charge is 2.41. The zero-order valence-electron chi connectivity index (χ0n) is 10.9. The molecule has 1 heterocycles. The van der Waals surface area contributed by atoms with Crippen molar-refractivity contribution in [3.8, 4) is 11.3 Å². The van der Waals surface area contributed by atoms with Gasteiger partial charge in [-0.15, -0.1) is 11.3 Å². The standard InChI is InChI=1S/C16H18N2S/c17-13-5-3-11(4-6-13)15-9-19-16(18-15)14-8-10-1-2-12(14)7-10/h3-6,9-10,12,14H,1-2,7-8,17H2. The molecule has 2 nitrogen and oxygen atoms in total. The molecule has 2 fully saturated rings. The monoisotopic (exact) mass is 270 g/mol. The molecule has 98 valence electrons. The van der Waals surface area contributed by atoms with Crippen LogP contribution in [0.5, 0.6) is 0 Å². The van der Waals surface area contributed by atoms with E-state index in [0.717, 1.165) is 29.1 Å². The zero-order chi connectivity index (χ0) is 12.8. The van der Waals surface area contributed by atoms with Gasteiger partial charge in [0.1, 0.15) is 0 Å². The van der Waals surface area contributed by atoms with Crippen molar-refractivity contribution in [2.75, 3.05) is 5.73 Å². The molecule has 2 aliphatic rings. The Kier molecular flexibility index (Phi) is 2.62. The highest BCUT2D eigenvalue weighted by Crippen LogP contribution is 2.53. The lowest BCUT2D eigenvalue weighted by molar-refractivity contribution is 0.419. The van der Waals surface area contributed by atoms with Crippen molar-refractivity contribution >= 4 is 17.0 Å². The molecule has 3 unspecified atom stereocenters. The molecule has 2 aliphatic carbocycles. The Morgan fingerprint density at radius 2 is 1.95 bits per heavy atom. The van der Waals surface area contributed by atoms with Crippen molar-refractivity contribution in [3.63, 3.8) is 0 Å². The Labute approximate surface area is 117 Å². The van der Waals surface area contributed by atoms with Crippen LogP contribution < -0.4 is 5.73 Å². The van der Waals surface area contributed by atoms with E-state index in [1.807, 2.05) is 23.5 Å². The Hall–Kier alpha value is -1.35. The van der Waals surface area contributed by atoms with Crippen LogP contribution in [-0.4, -0.2) is 4.98 Å². The van der Waals surface area contributed by atoms with Crippen LogP contribution in [0.15, 0.2) is 29.6 Å². The summed E-state index contributed by atoms with van der Waals surface area (Å²) in [7, 11) is 0. The second kappa shape index (κ2) is 4.34. The Balaban J connectivity index is 1.61. The van der Waals surface area contributed by atoms with E-state index in [1.165, 1.54) is 36.3 Å². The number of anilines is 1. The molecule has 0 aliphatic heterocycles. The summed E-state index contributed by atoms with van der Waals surface area (Å²) in [6, 6.07) is 8.03. The number of aromatic nitrogens is 1. The highest BCUT2D eigenvalue weighted by atomic mass is 32.1. The fourth-order valence-electron chi connectivity index (χ4n) is 3.79. The molecule has 19 heavy (non-hydrogen) atoms. The quantitative estimate of drug-likeness (QED) is 0.826. The molecule has 1 aromatic carbocycles. The average Bonchev–Trinajstić information content (AvgIpc) is 3.15.